The number of nitrogens with zero attached hydrogens (tertiary/aromatic N) is 1. The summed E-state index contributed by atoms with van der Waals surface area (Å²) < 4.78 is 0. The molecule has 2 heterocycles. The molecule has 0 saturated carbocycles. The molecule has 2 aliphatic rings. The number of carbonyl (C=O) groups excluding carboxylic acids is 1. The fourth-order valence-electron chi connectivity index (χ4n) is 2.54. The summed E-state index contributed by atoms with van der Waals surface area (Å²) in [5.74, 6) is 1.19. The monoisotopic (exact) mass is 226 g/mol. The van der Waals surface area contributed by atoms with Crippen LogP contribution in [0.15, 0.2) is 0 Å². The molecular formula is C12H22N2O2. The van der Waals surface area contributed by atoms with Crippen LogP contribution >= 0.6 is 0 Å². The Labute approximate surface area is 97.0 Å². The highest BCUT2D eigenvalue weighted by molar-refractivity contribution is 5.79. The van der Waals surface area contributed by atoms with Gasteiger partial charge in [0.25, 0.3) is 0 Å². The van der Waals surface area contributed by atoms with Crippen LogP contribution in [-0.2, 0) is 4.79 Å². The highest BCUT2D eigenvalue weighted by Gasteiger charge is 2.35. The predicted molar refractivity (Wildman–Crippen MR) is 61.9 cm³/mol. The molecule has 16 heavy (non-hydrogen) atoms. The van der Waals surface area contributed by atoms with Crippen molar-refractivity contribution < 1.29 is 9.90 Å². The van der Waals surface area contributed by atoms with Gasteiger partial charge in [0.15, 0.2) is 0 Å². The number of likely N-dealkylation sites (tertiary alicyclic amines) is 1. The lowest BCUT2D eigenvalue weighted by molar-refractivity contribution is -0.136. The van der Waals surface area contributed by atoms with Crippen molar-refractivity contribution in [2.45, 2.75) is 26.4 Å². The molecule has 1 amide bonds. The summed E-state index contributed by atoms with van der Waals surface area (Å²) >= 11 is 0. The van der Waals surface area contributed by atoms with E-state index in [0.29, 0.717) is 5.92 Å². The Morgan fingerprint density at radius 3 is 2.50 bits per heavy atom. The molecule has 2 rings (SSSR count). The van der Waals surface area contributed by atoms with Crippen LogP contribution in [0.25, 0.3) is 0 Å². The molecule has 2 aliphatic heterocycles. The fraction of sp³-hybridized carbons (Fsp3) is 0.917. The lowest BCUT2D eigenvalue weighted by Gasteiger charge is -2.34. The van der Waals surface area contributed by atoms with Crippen LogP contribution < -0.4 is 5.32 Å². The van der Waals surface area contributed by atoms with E-state index in [0.717, 1.165) is 32.6 Å². The number of nitrogens with one attached hydrogen (secondary N) is 1. The molecule has 4 nitrogen and oxygen atoms in total. The van der Waals surface area contributed by atoms with Crippen molar-refractivity contribution in [2.24, 2.45) is 17.8 Å². The number of aliphatic hydroxyl groups excluding tert-OH is 1. The number of hydrogen-bond acceptors (Lipinski definition) is 3. The standard InChI is InChI=1S/C12H22N2O2/c1-8(11-5-13-6-11)12(16)14-4-3-10(7-14)9(2)15/h8-11,13,15H,3-7H2,1-2H3. The molecule has 2 N–H and O–H groups in total. The Bertz CT molecular complexity index is 264. The molecule has 3 atom stereocenters. The van der Waals surface area contributed by atoms with Gasteiger partial charge in [0.2, 0.25) is 5.91 Å². The van der Waals surface area contributed by atoms with Crippen molar-refractivity contribution in [3.63, 3.8) is 0 Å². The first-order valence-electron chi connectivity index (χ1n) is 6.27. The van der Waals surface area contributed by atoms with E-state index in [1.807, 2.05) is 18.7 Å². The van der Waals surface area contributed by atoms with Gasteiger partial charge in [-0.25, -0.2) is 0 Å². The van der Waals surface area contributed by atoms with Gasteiger partial charge in [-0.3, -0.25) is 4.79 Å². The molecule has 0 aliphatic carbocycles. The lowest BCUT2D eigenvalue weighted by Crippen LogP contribution is -2.50. The van der Waals surface area contributed by atoms with Crippen LogP contribution in [-0.4, -0.2) is 48.2 Å². The second-order valence-electron chi connectivity index (χ2n) is 5.28. The first-order chi connectivity index (χ1) is 7.59. The van der Waals surface area contributed by atoms with Crippen LogP contribution in [0.4, 0.5) is 0 Å². The Hall–Kier alpha value is -0.610. The molecule has 0 bridgehead atoms. The van der Waals surface area contributed by atoms with Gasteiger partial charge in [-0.05, 0) is 32.4 Å². The van der Waals surface area contributed by atoms with Crippen molar-refractivity contribution in [3.05, 3.63) is 0 Å². The normalized spacial score (nSPS) is 29.9. The van der Waals surface area contributed by atoms with Gasteiger partial charge in [-0.15, -0.1) is 0 Å². The van der Waals surface area contributed by atoms with Gasteiger partial charge in [-0.2, -0.15) is 0 Å². The maximum atomic E-state index is 12.2. The van der Waals surface area contributed by atoms with E-state index in [-0.39, 0.29) is 23.8 Å². The molecule has 2 fully saturated rings. The van der Waals surface area contributed by atoms with Gasteiger partial charge in [0.05, 0.1) is 6.10 Å². The zero-order valence-electron chi connectivity index (χ0n) is 10.1. The SMILES string of the molecule is CC(O)C1CCN(C(=O)C(C)C2CNC2)C1. The highest BCUT2D eigenvalue weighted by Crippen LogP contribution is 2.24. The van der Waals surface area contributed by atoms with Crippen molar-refractivity contribution >= 4 is 5.91 Å². The molecule has 0 aromatic rings. The molecule has 2 saturated heterocycles. The van der Waals surface area contributed by atoms with Gasteiger partial charge < -0.3 is 15.3 Å². The second-order valence-corrected chi connectivity index (χ2v) is 5.28. The van der Waals surface area contributed by atoms with Crippen molar-refractivity contribution in [3.8, 4) is 0 Å². The topological polar surface area (TPSA) is 52.6 Å². The Balaban J connectivity index is 1.86. The van der Waals surface area contributed by atoms with E-state index in [4.69, 9.17) is 0 Å². The summed E-state index contributed by atoms with van der Waals surface area (Å²) in [5, 5.41) is 12.7. The minimum atomic E-state index is -0.293. The van der Waals surface area contributed by atoms with E-state index in [1.54, 1.807) is 0 Å². The van der Waals surface area contributed by atoms with Crippen molar-refractivity contribution in [1.29, 1.82) is 0 Å². The summed E-state index contributed by atoms with van der Waals surface area (Å²) in [5.41, 5.74) is 0. The minimum absolute atomic E-state index is 0.133. The number of aliphatic hydroxyl groups is 1. The molecule has 4 heteroatoms. The Kier molecular flexibility index (Phi) is 3.50. The summed E-state index contributed by atoms with van der Waals surface area (Å²) in [6.45, 7) is 7.35. The lowest BCUT2D eigenvalue weighted by atomic mass is 9.88. The molecule has 3 unspecified atom stereocenters. The zero-order valence-corrected chi connectivity index (χ0v) is 10.1. The third kappa shape index (κ3) is 2.23. The average Bonchev–Trinajstić information content (AvgIpc) is 2.62. The summed E-state index contributed by atoms with van der Waals surface area (Å²) in [6, 6.07) is 0. The molecule has 92 valence electrons. The number of amides is 1. The van der Waals surface area contributed by atoms with Gasteiger partial charge in [0.1, 0.15) is 0 Å². The van der Waals surface area contributed by atoms with Crippen LogP contribution in [0.2, 0.25) is 0 Å². The predicted octanol–water partition coefficient (Wildman–Crippen LogP) is 0.0712. The van der Waals surface area contributed by atoms with E-state index in [9.17, 15) is 9.90 Å². The third-order valence-corrected chi connectivity index (χ3v) is 4.13. The number of rotatable bonds is 3. The van der Waals surface area contributed by atoms with E-state index in [2.05, 4.69) is 5.32 Å². The minimum Gasteiger partial charge on any atom is -0.393 e. The number of hydrogen-bond donors (Lipinski definition) is 2. The Morgan fingerprint density at radius 2 is 2.06 bits per heavy atom. The maximum Gasteiger partial charge on any atom is 0.225 e. The van der Waals surface area contributed by atoms with E-state index >= 15 is 0 Å². The summed E-state index contributed by atoms with van der Waals surface area (Å²) in [6.07, 6.45) is 0.650. The zero-order chi connectivity index (χ0) is 11.7. The van der Waals surface area contributed by atoms with Gasteiger partial charge >= 0.3 is 0 Å². The first-order valence-corrected chi connectivity index (χ1v) is 6.27. The first kappa shape index (κ1) is 11.9. The van der Waals surface area contributed by atoms with Gasteiger partial charge in [0, 0.05) is 24.9 Å². The quantitative estimate of drug-likeness (QED) is 0.716. The van der Waals surface area contributed by atoms with E-state index < -0.39 is 0 Å². The number of carbonyl (C=O) groups is 1. The second kappa shape index (κ2) is 4.72. The summed E-state index contributed by atoms with van der Waals surface area (Å²) in [7, 11) is 0. The Morgan fingerprint density at radius 1 is 1.38 bits per heavy atom. The molecule has 0 spiro atoms. The summed E-state index contributed by atoms with van der Waals surface area (Å²) in [4.78, 5) is 14.1. The van der Waals surface area contributed by atoms with Gasteiger partial charge in [-0.1, -0.05) is 6.92 Å². The largest absolute Gasteiger partial charge is 0.393 e. The van der Waals surface area contributed by atoms with Crippen molar-refractivity contribution in [1.82, 2.24) is 10.2 Å². The average molecular weight is 226 g/mol. The molecule has 0 aromatic heterocycles. The van der Waals surface area contributed by atoms with E-state index in [1.165, 1.54) is 0 Å². The molecule has 0 aromatic carbocycles. The highest BCUT2D eigenvalue weighted by atomic mass is 16.3. The smallest absolute Gasteiger partial charge is 0.225 e. The fourth-order valence-corrected chi connectivity index (χ4v) is 2.54. The maximum absolute atomic E-state index is 12.2. The van der Waals surface area contributed by atoms with Crippen LogP contribution in [0.1, 0.15) is 20.3 Å². The van der Waals surface area contributed by atoms with Crippen LogP contribution in [0.5, 0.6) is 0 Å². The molecular weight excluding hydrogens is 204 g/mol. The van der Waals surface area contributed by atoms with Crippen LogP contribution in [0, 0.1) is 17.8 Å². The third-order valence-electron chi connectivity index (χ3n) is 4.13. The molecule has 0 radical (unpaired) electrons. The van der Waals surface area contributed by atoms with Crippen molar-refractivity contribution in [2.75, 3.05) is 26.2 Å². The van der Waals surface area contributed by atoms with Crippen LogP contribution in [0.3, 0.4) is 0 Å².